The molecular formula is C105H60S4. The lowest BCUT2D eigenvalue weighted by atomic mass is 9.64. The summed E-state index contributed by atoms with van der Waals surface area (Å²) in [5, 5.41) is 8.54. The fourth-order valence-electron chi connectivity index (χ4n) is 17.0. The van der Waals surface area contributed by atoms with Crippen LogP contribution in [0.15, 0.2) is 313 Å². The Morgan fingerprint density at radius 3 is 0.587 bits per heavy atom. The van der Waals surface area contributed by atoms with E-state index in [0.29, 0.717) is 0 Å². The second kappa shape index (κ2) is 26.6. The van der Waals surface area contributed by atoms with Gasteiger partial charge in [0.05, 0.1) is 5.41 Å². The second-order valence-electron chi connectivity index (χ2n) is 28.0. The number of hydrogen-bond acceptors (Lipinski definition) is 4. The predicted molar refractivity (Wildman–Crippen MR) is 465 cm³/mol. The van der Waals surface area contributed by atoms with Crippen molar-refractivity contribution in [2.75, 3.05) is 0 Å². The average molecular weight is 1450 g/mol. The molecule has 16 aromatic rings. The van der Waals surface area contributed by atoms with Crippen LogP contribution in [0.2, 0.25) is 0 Å². The minimum absolute atomic E-state index is 0.866. The van der Waals surface area contributed by atoms with Crippen molar-refractivity contribution in [1.82, 2.24) is 0 Å². The summed E-state index contributed by atoms with van der Waals surface area (Å²) in [6.07, 6.45) is 33.5. The summed E-state index contributed by atoms with van der Waals surface area (Å²) in [4.78, 5) is 4.77. The lowest BCUT2D eigenvalue weighted by Gasteiger charge is -2.37. The zero-order chi connectivity index (χ0) is 72.8. The molecule has 0 amide bonds. The van der Waals surface area contributed by atoms with Gasteiger partial charge in [0.2, 0.25) is 0 Å². The van der Waals surface area contributed by atoms with Gasteiger partial charge >= 0.3 is 0 Å². The van der Waals surface area contributed by atoms with Crippen molar-refractivity contribution in [3.8, 4) is 138 Å². The minimum Gasteiger partial charge on any atom is -0.144 e. The smallest absolute Gasteiger partial charge is 0.0701 e. The Kier molecular flexibility index (Phi) is 15.9. The highest BCUT2D eigenvalue weighted by Crippen LogP contribution is 2.54. The van der Waals surface area contributed by atoms with Gasteiger partial charge in [0.15, 0.2) is 0 Å². The van der Waals surface area contributed by atoms with E-state index in [2.05, 4.69) is 361 Å². The molecule has 0 saturated carbocycles. The quantitative estimate of drug-likeness (QED) is 0.0845. The molecule has 0 bridgehead atoms. The fraction of sp³-hybridized carbons (Fsp3) is 0.00952. The Morgan fingerprint density at radius 1 is 0.202 bits per heavy atom. The maximum atomic E-state index is 6.06. The Morgan fingerprint density at radius 2 is 0.394 bits per heavy atom. The van der Waals surface area contributed by atoms with Gasteiger partial charge < -0.3 is 0 Å². The van der Waals surface area contributed by atoms with Gasteiger partial charge in [-0.25, -0.2) is 0 Å². The van der Waals surface area contributed by atoms with Crippen molar-refractivity contribution in [3.63, 3.8) is 0 Å². The molecule has 4 heterocycles. The molecule has 0 radical (unpaired) electrons. The maximum absolute atomic E-state index is 6.06. The monoisotopic (exact) mass is 1450 g/mol. The summed E-state index contributed by atoms with van der Waals surface area (Å²) in [6, 6.07) is 108. The van der Waals surface area contributed by atoms with E-state index in [0.717, 1.165) is 111 Å². The Balaban J connectivity index is 0.759. The van der Waals surface area contributed by atoms with Crippen LogP contribution in [0.4, 0.5) is 0 Å². The molecule has 4 heteroatoms. The zero-order valence-corrected chi connectivity index (χ0v) is 62.0. The van der Waals surface area contributed by atoms with Crippen LogP contribution in [0.25, 0.3) is 136 Å². The third-order valence-electron chi connectivity index (χ3n) is 22.2. The van der Waals surface area contributed by atoms with E-state index in [1.807, 2.05) is 0 Å². The van der Waals surface area contributed by atoms with Gasteiger partial charge in [-0.05, 0) is 321 Å². The normalized spacial score (nSPS) is 13.9. The summed E-state index contributed by atoms with van der Waals surface area (Å²) in [6.45, 7) is 0. The summed E-state index contributed by atoms with van der Waals surface area (Å²) in [7, 11) is 0. The lowest BCUT2D eigenvalue weighted by molar-refractivity contribution is 0.745. The molecule has 4 aliphatic rings. The molecule has 0 unspecified atom stereocenters. The first-order chi connectivity index (χ1) is 53.7. The van der Waals surface area contributed by atoms with E-state index in [1.165, 1.54) is 109 Å². The van der Waals surface area contributed by atoms with Crippen molar-refractivity contribution in [1.29, 1.82) is 0 Å². The molecule has 0 N–H and O–H groups in total. The van der Waals surface area contributed by atoms with Crippen LogP contribution in [0.1, 0.15) is 109 Å². The first kappa shape index (κ1) is 65.2. The molecule has 12 aromatic carbocycles. The fourth-order valence-corrected chi connectivity index (χ4v) is 19.6. The molecule has 109 heavy (non-hydrogen) atoms. The largest absolute Gasteiger partial charge is 0.144 e. The highest BCUT2D eigenvalue weighted by molar-refractivity contribution is 7.11. The molecule has 4 aliphatic carbocycles. The maximum Gasteiger partial charge on any atom is 0.0701 e. The van der Waals surface area contributed by atoms with Gasteiger partial charge in [0.25, 0.3) is 0 Å². The van der Waals surface area contributed by atoms with Crippen LogP contribution in [-0.4, -0.2) is 0 Å². The SMILES string of the molecule is C#Cc1ccc2c(c1)/C(=C\c1cccs1)c1cc(-c3ccc(C(c4ccc(-c5ccc6c(c5)/C(=C/c5cccs5)c5cc(C#C)ccc5-6)cc4)(c4ccc(-c5ccc6c(c5)/C(=C/c5cccs5)c5cc(C#C)ccc5-6)cc4)c4ccc(-c5ccc6c(c5)/C(=C/c5cccs5)c5cc(C#C)ccc5-6)cc4)cc3)ccc1-2. The summed E-state index contributed by atoms with van der Waals surface area (Å²) in [5.41, 5.74) is 39.7. The Labute approximate surface area is 651 Å². The molecule has 504 valence electrons. The van der Waals surface area contributed by atoms with E-state index in [9.17, 15) is 0 Å². The average Bonchev–Trinajstić information content (AvgIpc) is 1.65. The van der Waals surface area contributed by atoms with Crippen molar-refractivity contribution in [2.24, 2.45) is 0 Å². The van der Waals surface area contributed by atoms with Gasteiger partial charge in [0, 0.05) is 41.8 Å². The standard InChI is InChI=1S/C105H60S4/c1-5-65-17-41-85-89-45-29-73(57-97(89)101(93(85)53-65)61-81-13-9-49-106-81)69-21-33-77(34-22-69)105(78-35-23-70(24-36-78)74-30-46-90-86-42-18-66(6-2)54-94(86)102(98(90)58-74)62-82-14-10-50-107-82,79-37-25-71(26-38-79)75-31-47-91-87-43-19-67(7-3)55-95(87)103(99(91)59-75)63-83-15-11-51-108-83)80-39-27-72(28-40-80)76-32-48-92-88-44-20-68(8-4)56-96(88)104(100(92)60-76)64-84-16-12-52-109-84/h1-4,9-64H/b101-61+,102-62+,103-63+,104-64+. The molecule has 20 rings (SSSR count). The van der Waals surface area contributed by atoms with E-state index < -0.39 is 5.41 Å². The molecule has 0 spiro atoms. The first-order valence-corrected chi connectivity index (χ1v) is 39.8. The number of rotatable bonds is 12. The Hall–Kier alpha value is -13.4. The van der Waals surface area contributed by atoms with Crippen LogP contribution in [0.3, 0.4) is 0 Å². The first-order valence-electron chi connectivity index (χ1n) is 36.2. The molecular weight excluding hydrogens is 1390 g/mol. The van der Waals surface area contributed by atoms with Crippen molar-refractivity contribution in [3.05, 3.63) is 421 Å². The van der Waals surface area contributed by atoms with E-state index in [4.69, 9.17) is 25.7 Å². The second-order valence-corrected chi connectivity index (χ2v) is 31.9. The molecule has 0 nitrogen and oxygen atoms in total. The number of benzene rings is 12. The van der Waals surface area contributed by atoms with Crippen molar-refractivity contribution >= 4 is 91.9 Å². The zero-order valence-electron chi connectivity index (χ0n) is 58.8. The molecule has 0 aliphatic heterocycles. The summed E-state index contributed by atoms with van der Waals surface area (Å²) in [5.74, 6) is 11.6. The van der Waals surface area contributed by atoms with Gasteiger partial charge in [-0.1, -0.05) is 218 Å². The molecule has 0 saturated heterocycles. The topological polar surface area (TPSA) is 0 Å². The van der Waals surface area contributed by atoms with Gasteiger partial charge in [-0.2, -0.15) is 0 Å². The van der Waals surface area contributed by atoms with Crippen molar-refractivity contribution < 1.29 is 0 Å². The van der Waals surface area contributed by atoms with Gasteiger partial charge in [-0.15, -0.1) is 71.0 Å². The number of terminal acetylenes is 4. The number of fused-ring (bicyclic) bond motifs is 12. The van der Waals surface area contributed by atoms with Gasteiger partial charge in [-0.3, -0.25) is 0 Å². The van der Waals surface area contributed by atoms with E-state index in [1.54, 1.807) is 45.3 Å². The van der Waals surface area contributed by atoms with E-state index in [-0.39, 0.29) is 0 Å². The van der Waals surface area contributed by atoms with Crippen LogP contribution >= 0.6 is 45.3 Å². The van der Waals surface area contributed by atoms with Crippen LogP contribution in [0.5, 0.6) is 0 Å². The van der Waals surface area contributed by atoms with Crippen LogP contribution in [0, 0.1) is 49.4 Å². The molecule has 4 aromatic heterocycles. The van der Waals surface area contributed by atoms with Crippen molar-refractivity contribution in [2.45, 2.75) is 5.41 Å². The van der Waals surface area contributed by atoms with Gasteiger partial charge in [0.1, 0.15) is 0 Å². The number of thiophene rings is 4. The van der Waals surface area contributed by atoms with Crippen LogP contribution in [-0.2, 0) is 5.41 Å². The summed E-state index contributed by atoms with van der Waals surface area (Å²) >= 11 is 6.96. The predicted octanol–water partition coefficient (Wildman–Crippen LogP) is 27.2. The van der Waals surface area contributed by atoms with E-state index >= 15 is 0 Å². The van der Waals surface area contributed by atoms with Crippen LogP contribution < -0.4 is 0 Å². The Bertz CT molecular complexity index is 5900. The highest BCUT2D eigenvalue weighted by atomic mass is 32.1. The third kappa shape index (κ3) is 11.1. The number of hydrogen-bond donors (Lipinski definition) is 0. The molecule has 0 fully saturated rings. The lowest BCUT2D eigenvalue weighted by Crippen LogP contribution is -2.31. The minimum atomic E-state index is -0.875. The highest BCUT2D eigenvalue weighted by Gasteiger charge is 2.40. The third-order valence-corrected chi connectivity index (χ3v) is 25.5. The molecule has 0 atom stereocenters. The summed E-state index contributed by atoms with van der Waals surface area (Å²) < 4.78 is 0.